The van der Waals surface area contributed by atoms with E-state index in [2.05, 4.69) is 9.97 Å². The lowest BCUT2D eigenvalue weighted by molar-refractivity contribution is 0.416. The van der Waals surface area contributed by atoms with Crippen LogP contribution in [0.3, 0.4) is 0 Å². The van der Waals surface area contributed by atoms with E-state index in [-0.39, 0.29) is 23.1 Å². The molecule has 7 nitrogen and oxygen atoms in total. The van der Waals surface area contributed by atoms with Crippen molar-refractivity contribution < 1.29 is 4.74 Å². The lowest BCUT2D eigenvalue weighted by atomic mass is 10.0. The molecule has 7 heteroatoms. The molecule has 0 radical (unpaired) electrons. The van der Waals surface area contributed by atoms with Crippen LogP contribution < -0.4 is 16.0 Å². The fraction of sp³-hybridized carbons (Fsp3) is 0.200. The zero-order chi connectivity index (χ0) is 19.6. The standard InChI is InChI=1S/C20H19N5O2/c1-12(2)25-11-13(8-9-17(25)26)18-19(24-20(22)15(10-21)23-18)14-6-4-5-7-16(14)27-3/h4-9,11-12H,1-3H3,(H2,22,24). The molecule has 0 atom stereocenters. The minimum absolute atomic E-state index is 0.0238. The predicted octanol–water partition coefficient (Wildman–Crippen LogP) is 3.02. The van der Waals surface area contributed by atoms with E-state index in [1.54, 1.807) is 23.9 Å². The molecule has 2 aromatic heterocycles. The molecule has 0 fully saturated rings. The largest absolute Gasteiger partial charge is 0.496 e. The number of hydrogen-bond donors (Lipinski definition) is 1. The first-order valence-corrected chi connectivity index (χ1v) is 8.39. The molecule has 0 saturated heterocycles. The molecular weight excluding hydrogens is 342 g/mol. The zero-order valence-electron chi connectivity index (χ0n) is 15.3. The summed E-state index contributed by atoms with van der Waals surface area (Å²) < 4.78 is 7.04. The Bertz CT molecular complexity index is 1100. The first-order chi connectivity index (χ1) is 13.0. The van der Waals surface area contributed by atoms with Gasteiger partial charge < -0.3 is 15.0 Å². The monoisotopic (exact) mass is 361 g/mol. The van der Waals surface area contributed by atoms with Gasteiger partial charge in [-0.1, -0.05) is 12.1 Å². The number of pyridine rings is 1. The van der Waals surface area contributed by atoms with Crippen LogP contribution >= 0.6 is 0 Å². The van der Waals surface area contributed by atoms with Crippen LogP contribution in [0.15, 0.2) is 47.4 Å². The van der Waals surface area contributed by atoms with Crippen LogP contribution in [0.25, 0.3) is 22.5 Å². The zero-order valence-corrected chi connectivity index (χ0v) is 15.3. The normalized spacial score (nSPS) is 10.6. The number of benzene rings is 1. The number of nitrogen functional groups attached to an aromatic ring is 1. The minimum Gasteiger partial charge on any atom is -0.496 e. The summed E-state index contributed by atoms with van der Waals surface area (Å²) in [4.78, 5) is 21.0. The third-order valence-electron chi connectivity index (χ3n) is 4.16. The summed E-state index contributed by atoms with van der Waals surface area (Å²) >= 11 is 0. The molecule has 3 rings (SSSR count). The summed E-state index contributed by atoms with van der Waals surface area (Å²) in [6.07, 6.45) is 1.72. The van der Waals surface area contributed by atoms with Gasteiger partial charge in [0.15, 0.2) is 11.5 Å². The van der Waals surface area contributed by atoms with E-state index in [0.29, 0.717) is 28.3 Å². The van der Waals surface area contributed by atoms with Gasteiger partial charge in [-0.05, 0) is 32.0 Å². The first kappa shape index (κ1) is 18.1. The first-order valence-electron chi connectivity index (χ1n) is 8.39. The van der Waals surface area contributed by atoms with Crippen LogP contribution in [0.4, 0.5) is 5.82 Å². The van der Waals surface area contributed by atoms with E-state index in [0.717, 1.165) is 0 Å². The molecule has 0 saturated carbocycles. The Kier molecular flexibility index (Phi) is 4.90. The highest BCUT2D eigenvalue weighted by Gasteiger charge is 2.19. The van der Waals surface area contributed by atoms with Crippen molar-refractivity contribution in [2.24, 2.45) is 0 Å². The number of hydrogen-bond acceptors (Lipinski definition) is 6. The number of aromatic nitrogens is 3. The second kappa shape index (κ2) is 7.30. The maximum absolute atomic E-state index is 12.1. The summed E-state index contributed by atoms with van der Waals surface area (Å²) in [7, 11) is 1.57. The number of nitriles is 1. The van der Waals surface area contributed by atoms with Crippen molar-refractivity contribution in [1.29, 1.82) is 5.26 Å². The van der Waals surface area contributed by atoms with Gasteiger partial charge in [0, 0.05) is 29.4 Å². The highest BCUT2D eigenvalue weighted by molar-refractivity contribution is 5.82. The molecule has 3 aromatic rings. The quantitative estimate of drug-likeness (QED) is 0.765. The SMILES string of the molecule is COc1ccccc1-c1nc(N)c(C#N)nc1-c1ccc(=O)n(C(C)C)c1. The molecule has 136 valence electrons. The van der Waals surface area contributed by atoms with E-state index in [1.165, 1.54) is 6.07 Å². The van der Waals surface area contributed by atoms with Gasteiger partial charge in [0.05, 0.1) is 12.8 Å². The molecule has 0 aliphatic heterocycles. The maximum atomic E-state index is 12.1. The number of anilines is 1. The van der Waals surface area contributed by atoms with Gasteiger partial charge in [-0.2, -0.15) is 5.26 Å². The lowest BCUT2D eigenvalue weighted by Crippen LogP contribution is -2.20. The molecule has 0 unspecified atom stereocenters. The van der Waals surface area contributed by atoms with Crippen LogP contribution in [0, 0.1) is 11.3 Å². The van der Waals surface area contributed by atoms with E-state index in [1.807, 2.05) is 44.2 Å². The fourth-order valence-electron chi connectivity index (χ4n) is 2.81. The molecule has 2 N–H and O–H groups in total. The average Bonchev–Trinajstić information content (AvgIpc) is 2.68. The number of ether oxygens (including phenoxy) is 1. The number of methoxy groups -OCH3 is 1. The van der Waals surface area contributed by atoms with Gasteiger partial charge in [0.25, 0.3) is 5.56 Å². The van der Waals surface area contributed by atoms with Crippen molar-refractivity contribution in [3.8, 4) is 34.3 Å². The summed E-state index contributed by atoms with van der Waals surface area (Å²) in [6.45, 7) is 3.84. The van der Waals surface area contributed by atoms with Crippen LogP contribution in [0.2, 0.25) is 0 Å². The third-order valence-corrected chi connectivity index (χ3v) is 4.16. The van der Waals surface area contributed by atoms with Gasteiger partial charge in [-0.3, -0.25) is 4.79 Å². The highest BCUT2D eigenvalue weighted by Crippen LogP contribution is 2.35. The van der Waals surface area contributed by atoms with Gasteiger partial charge in [-0.15, -0.1) is 0 Å². The van der Waals surface area contributed by atoms with E-state index >= 15 is 0 Å². The lowest BCUT2D eigenvalue weighted by Gasteiger charge is -2.15. The van der Waals surface area contributed by atoms with Gasteiger partial charge in [-0.25, -0.2) is 9.97 Å². The Morgan fingerprint density at radius 2 is 1.89 bits per heavy atom. The number of rotatable bonds is 4. The summed E-state index contributed by atoms with van der Waals surface area (Å²) in [5.74, 6) is 0.647. The third kappa shape index (κ3) is 3.37. The molecule has 2 heterocycles. The van der Waals surface area contributed by atoms with Crippen molar-refractivity contribution in [2.45, 2.75) is 19.9 Å². The summed E-state index contributed by atoms with van der Waals surface area (Å²) in [6, 6.07) is 12.4. The summed E-state index contributed by atoms with van der Waals surface area (Å²) in [5.41, 5.74) is 8.13. The summed E-state index contributed by atoms with van der Waals surface area (Å²) in [5, 5.41) is 9.33. The van der Waals surface area contributed by atoms with E-state index in [9.17, 15) is 10.1 Å². The Balaban J connectivity index is 2.34. The smallest absolute Gasteiger partial charge is 0.250 e. The Labute approximate surface area is 156 Å². The van der Waals surface area contributed by atoms with Crippen molar-refractivity contribution in [3.63, 3.8) is 0 Å². The van der Waals surface area contributed by atoms with Crippen LogP contribution in [-0.2, 0) is 0 Å². The Morgan fingerprint density at radius 1 is 1.15 bits per heavy atom. The highest BCUT2D eigenvalue weighted by atomic mass is 16.5. The number of para-hydroxylation sites is 1. The van der Waals surface area contributed by atoms with Crippen molar-refractivity contribution >= 4 is 5.82 Å². The molecular formula is C20H19N5O2. The Hall–Kier alpha value is -3.66. The predicted molar refractivity (Wildman–Crippen MR) is 103 cm³/mol. The molecule has 0 aliphatic carbocycles. The van der Waals surface area contributed by atoms with Gasteiger partial charge >= 0.3 is 0 Å². The second-order valence-corrected chi connectivity index (χ2v) is 6.22. The molecule has 0 amide bonds. The molecule has 1 aromatic carbocycles. The topological polar surface area (TPSA) is 107 Å². The molecule has 27 heavy (non-hydrogen) atoms. The second-order valence-electron chi connectivity index (χ2n) is 6.22. The van der Waals surface area contributed by atoms with Gasteiger partial charge in [0.1, 0.15) is 17.5 Å². The average molecular weight is 361 g/mol. The van der Waals surface area contributed by atoms with Crippen molar-refractivity contribution in [3.05, 3.63) is 58.6 Å². The van der Waals surface area contributed by atoms with Crippen molar-refractivity contribution in [2.75, 3.05) is 12.8 Å². The van der Waals surface area contributed by atoms with Crippen molar-refractivity contribution in [1.82, 2.24) is 14.5 Å². The molecule has 0 aliphatic rings. The number of nitrogens with zero attached hydrogens (tertiary/aromatic N) is 4. The van der Waals surface area contributed by atoms with E-state index < -0.39 is 0 Å². The fourth-order valence-corrected chi connectivity index (χ4v) is 2.81. The minimum atomic E-state index is -0.114. The molecule has 0 spiro atoms. The van der Waals surface area contributed by atoms with Crippen LogP contribution in [0.1, 0.15) is 25.6 Å². The maximum Gasteiger partial charge on any atom is 0.250 e. The van der Waals surface area contributed by atoms with Gasteiger partial charge in [0.2, 0.25) is 0 Å². The molecule has 0 bridgehead atoms. The van der Waals surface area contributed by atoms with Crippen LogP contribution in [-0.4, -0.2) is 21.6 Å². The van der Waals surface area contributed by atoms with Crippen LogP contribution in [0.5, 0.6) is 5.75 Å². The number of nitrogens with two attached hydrogens (primary N) is 1. The van der Waals surface area contributed by atoms with E-state index in [4.69, 9.17) is 10.5 Å². The Morgan fingerprint density at radius 3 is 2.56 bits per heavy atom.